The number of nitrogens with zero attached hydrogens (tertiary/aromatic N) is 1. The zero-order chi connectivity index (χ0) is 13.8. The van der Waals surface area contributed by atoms with E-state index in [-0.39, 0.29) is 6.04 Å². The van der Waals surface area contributed by atoms with E-state index in [1.54, 1.807) is 0 Å². The normalized spacial score (nSPS) is 19.9. The molecule has 2 atom stereocenters. The van der Waals surface area contributed by atoms with Crippen molar-refractivity contribution < 1.29 is 0 Å². The molecule has 0 saturated carbocycles. The predicted octanol–water partition coefficient (Wildman–Crippen LogP) is 3.88. The van der Waals surface area contributed by atoms with Crippen LogP contribution in [-0.4, -0.2) is 24.0 Å². The van der Waals surface area contributed by atoms with Crippen LogP contribution in [0.5, 0.6) is 0 Å². The predicted molar refractivity (Wildman–Crippen MR) is 85.1 cm³/mol. The van der Waals surface area contributed by atoms with Gasteiger partial charge in [-0.2, -0.15) is 0 Å². The molecule has 0 bridgehead atoms. The van der Waals surface area contributed by atoms with Crippen molar-refractivity contribution in [1.29, 1.82) is 0 Å². The first kappa shape index (κ1) is 14.8. The molecule has 19 heavy (non-hydrogen) atoms. The van der Waals surface area contributed by atoms with Crippen molar-refractivity contribution in [2.24, 2.45) is 5.73 Å². The highest BCUT2D eigenvalue weighted by Crippen LogP contribution is 2.28. The molecule has 0 aliphatic carbocycles. The van der Waals surface area contributed by atoms with Crippen LogP contribution in [0.2, 0.25) is 0 Å². The van der Waals surface area contributed by atoms with E-state index in [9.17, 15) is 0 Å². The Morgan fingerprint density at radius 1 is 1.32 bits per heavy atom. The smallest absolute Gasteiger partial charge is 0.0502 e. The van der Waals surface area contributed by atoms with Gasteiger partial charge in [0.05, 0.1) is 6.04 Å². The Labute approximate surface area is 124 Å². The van der Waals surface area contributed by atoms with Crippen LogP contribution in [0, 0.1) is 0 Å². The van der Waals surface area contributed by atoms with E-state index in [4.69, 9.17) is 5.73 Å². The monoisotopic (exact) mass is 322 g/mol. The van der Waals surface area contributed by atoms with Crippen LogP contribution >= 0.6 is 15.9 Å². The van der Waals surface area contributed by atoms with Gasteiger partial charge in [0, 0.05) is 23.6 Å². The van der Waals surface area contributed by atoms with Crippen LogP contribution in [-0.2, 0) is 0 Å². The van der Waals surface area contributed by atoms with Gasteiger partial charge in [0.2, 0.25) is 0 Å². The van der Waals surface area contributed by atoms with E-state index in [2.05, 4.69) is 65.0 Å². The molecule has 0 amide bonds. The van der Waals surface area contributed by atoms with Crippen LogP contribution in [0.4, 0.5) is 0 Å². The molecule has 1 aliphatic rings. The largest absolute Gasteiger partial charge is 0.326 e. The first-order valence-corrected chi connectivity index (χ1v) is 7.82. The van der Waals surface area contributed by atoms with Crippen LogP contribution in [0.1, 0.15) is 38.3 Å². The fraction of sp³-hybridized carbons (Fsp3) is 0.500. The van der Waals surface area contributed by atoms with Crippen molar-refractivity contribution in [3.8, 4) is 0 Å². The Balaban J connectivity index is 2.23. The average molecular weight is 323 g/mol. The number of hydrogen-bond acceptors (Lipinski definition) is 2. The first-order valence-electron chi connectivity index (χ1n) is 7.02. The van der Waals surface area contributed by atoms with E-state index in [0.29, 0.717) is 6.04 Å². The number of hydrogen-bond donors (Lipinski definition) is 1. The Morgan fingerprint density at radius 2 is 2.00 bits per heavy atom. The zero-order valence-electron chi connectivity index (χ0n) is 11.8. The second-order valence-electron chi connectivity index (χ2n) is 5.36. The van der Waals surface area contributed by atoms with Crippen molar-refractivity contribution in [3.63, 3.8) is 0 Å². The van der Waals surface area contributed by atoms with Gasteiger partial charge in [0.25, 0.3) is 0 Å². The molecule has 0 saturated heterocycles. The Bertz CT molecular complexity index is 439. The summed E-state index contributed by atoms with van der Waals surface area (Å²) in [5, 5.41) is 0. The maximum absolute atomic E-state index is 6.38. The van der Waals surface area contributed by atoms with Gasteiger partial charge in [-0.25, -0.2) is 0 Å². The number of rotatable bonds is 4. The minimum absolute atomic E-state index is 0.188. The summed E-state index contributed by atoms with van der Waals surface area (Å²) in [6.07, 6.45) is 4.49. The molecule has 1 heterocycles. The third kappa shape index (κ3) is 3.68. The second-order valence-corrected chi connectivity index (χ2v) is 6.28. The van der Waals surface area contributed by atoms with Crippen LogP contribution in [0.3, 0.4) is 0 Å². The lowest BCUT2D eigenvalue weighted by Crippen LogP contribution is -2.42. The molecule has 1 aromatic carbocycles. The summed E-state index contributed by atoms with van der Waals surface area (Å²) < 4.78 is 1.12. The fourth-order valence-electron chi connectivity index (χ4n) is 2.65. The topological polar surface area (TPSA) is 29.3 Å². The van der Waals surface area contributed by atoms with Gasteiger partial charge in [0.1, 0.15) is 0 Å². The van der Waals surface area contributed by atoms with Gasteiger partial charge in [-0.1, -0.05) is 46.6 Å². The van der Waals surface area contributed by atoms with E-state index >= 15 is 0 Å². The lowest BCUT2D eigenvalue weighted by molar-refractivity contribution is 0.182. The van der Waals surface area contributed by atoms with E-state index in [0.717, 1.165) is 30.4 Å². The van der Waals surface area contributed by atoms with Crippen molar-refractivity contribution in [2.45, 2.75) is 38.8 Å². The molecule has 0 fully saturated rings. The Morgan fingerprint density at radius 3 is 2.53 bits per heavy atom. The highest BCUT2D eigenvalue weighted by molar-refractivity contribution is 9.10. The highest BCUT2D eigenvalue weighted by Gasteiger charge is 2.26. The number of nitrogens with two attached hydrogens (primary N) is 1. The highest BCUT2D eigenvalue weighted by atomic mass is 79.9. The summed E-state index contributed by atoms with van der Waals surface area (Å²) in [6.45, 7) is 6.50. The summed E-state index contributed by atoms with van der Waals surface area (Å²) in [6, 6.07) is 9.10. The summed E-state index contributed by atoms with van der Waals surface area (Å²) in [4.78, 5) is 2.50. The maximum Gasteiger partial charge on any atom is 0.0502 e. The fourth-order valence-corrected chi connectivity index (χ4v) is 2.92. The molecular formula is C16H23BrN2. The van der Waals surface area contributed by atoms with E-state index < -0.39 is 0 Å². The molecule has 3 heteroatoms. The molecule has 2 N–H and O–H groups in total. The molecular weight excluding hydrogens is 300 g/mol. The lowest BCUT2D eigenvalue weighted by Gasteiger charge is -2.37. The van der Waals surface area contributed by atoms with Gasteiger partial charge in [-0.15, -0.1) is 0 Å². The Kier molecular flexibility index (Phi) is 5.20. The van der Waals surface area contributed by atoms with Crippen molar-refractivity contribution in [1.82, 2.24) is 4.90 Å². The van der Waals surface area contributed by atoms with E-state index in [1.165, 1.54) is 11.1 Å². The molecule has 104 valence electrons. The van der Waals surface area contributed by atoms with Gasteiger partial charge in [-0.3, -0.25) is 4.90 Å². The number of halogens is 1. The third-order valence-electron chi connectivity index (χ3n) is 3.95. The molecule has 2 unspecified atom stereocenters. The Hall–Kier alpha value is -0.640. The van der Waals surface area contributed by atoms with Gasteiger partial charge in [0.15, 0.2) is 0 Å². The summed E-state index contributed by atoms with van der Waals surface area (Å²) in [5.41, 5.74) is 9.20. The van der Waals surface area contributed by atoms with Gasteiger partial charge in [-0.05, 0) is 37.5 Å². The van der Waals surface area contributed by atoms with Crippen LogP contribution in [0.25, 0.3) is 0 Å². The van der Waals surface area contributed by atoms with E-state index in [1.807, 2.05) is 0 Å². The molecule has 1 aliphatic heterocycles. The van der Waals surface area contributed by atoms with Crippen LogP contribution < -0.4 is 5.73 Å². The lowest BCUT2D eigenvalue weighted by atomic mass is 9.94. The minimum atomic E-state index is 0.188. The summed E-state index contributed by atoms with van der Waals surface area (Å²) >= 11 is 3.50. The van der Waals surface area contributed by atoms with Gasteiger partial charge >= 0.3 is 0 Å². The first-order chi connectivity index (χ1) is 9.11. The standard InChI is InChI=1S/C16H23BrN2/c1-3-15(18)16(13-4-6-14(17)7-5-13)19-10-8-12(2)9-11-19/h4-8,15-16H,3,9-11,18H2,1-2H3. The second kappa shape index (κ2) is 6.69. The van der Waals surface area contributed by atoms with Gasteiger partial charge < -0.3 is 5.73 Å². The molecule has 0 radical (unpaired) electrons. The quantitative estimate of drug-likeness (QED) is 0.852. The SMILES string of the molecule is CCC(N)C(c1ccc(Br)cc1)N1CC=C(C)CC1. The van der Waals surface area contributed by atoms with Crippen molar-refractivity contribution in [2.75, 3.05) is 13.1 Å². The number of benzene rings is 1. The van der Waals surface area contributed by atoms with Crippen molar-refractivity contribution >= 4 is 15.9 Å². The molecule has 2 rings (SSSR count). The summed E-state index contributed by atoms with van der Waals surface area (Å²) in [7, 11) is 0. The molecule has 1 aromatic rings. The summed E-state index contributed by atoms with van der Waals surface area (Å²) in [5.74, 6) is 0. The zero-order valence-corrected chi connectivity index (χ0v) is 13.4. The average Bonchev–Trinajstić information content (AvgIpc) is 2.43. The third-order valence-corrected chi connectivity index (χ3v) is 4.48. The molecule has 0 spiro atoms. The molecule has 0 aromatic heterocycles. The molecule has 2 nitrogen and oxygen atoms in total. The van der Waals surface area contributed by atoms with Crippen molar-refractivity contribution in [3.05, 3.63) is 46.0 Å². The van der Waals surface area contributed by atoms with Crippen LogP contribution in [0.15, 0.2) is 40.4 Å². The minimum Gasteiger partial charge on any atom is -0.326 e. The maximum atomic E-state index is 6.38.